The third kappa shape index (κ3) is 3.87. The van der Waals surface area contributed by atoms with Gasteiger partial charge in [-0.1, -0.05) is 0 Å². The van der Waals surface area contributed by atoms with Crippen molar-refractivity contribution >= 4 is 12.4 Å². The Hall–Kier alpha value is -1.33. The highest BCUT2D eigenvalue weighted by Gasteiger charge is 1.99. The van der Waals surface area contributed by atoms with Gasteiger partial charge < -0.3 is 5.32 Å². The number of rotatable bonds is 5. The van der Waals surface area contributed by atoms with E-state index in [1.807, 2.05) is 34.9 Å². The molecule has 2 aromatic rings. The van der Waals surface area contributed by atoms with Crippen molar-refractivity contribution in [2.24, 2.45) is 7.05 Å². The molecule has 0 saturated carbocycles. The molecule has 0 aliphatic carbocycles. The highest BCUT2D eigenvalue weighted by Crippen LogP contribution is 1.98. The van der Waals surface area contributed by atoms with Crippen LogP contribution >= 0.6 is 12.4 Å². The Labute approximate surface area is 107 Å². The second-order valence-electron chi connectivity index (χ2n) is 3.79. The number of aryl methyl sites for hydroxylation is 2. The van der Waals surface area contributed by atoms with Crippen molar-refractivity contribution in [3.63, 3.8) is 0 Å². The van der Waals surface area contributed by atoms with Gasteiger partial charge in [0.2, 0.25) is 0 Å². The number of nitrogens with zero attached hydrogens (tertiary/aromatic N) is 4. The molecule has 0 saturated heterocycles. The SMILES string of the molecule is CCn1cc(CNCc2ccn(C)n2)cn1.Cl. The lowest BCUT2D eigenvalue weighted by Gasteiger charge is -1.99. The number of halogens is 1. The summed E-state index contributed by atoms with van der Waals surface area (Å²) in [6.07, 6.45) is 5.91. The molecule has 0 radical (unpaired) electrons. The van der Waals surface area contributed by atoms with Gasteiger partial charge in [-0.25, -0.2) is 0 Å². The summed E-state index contributed by atoms with van der Waals surface area (Å²) in [4.78, 5) is 0. The summed E-state index contributed by atoms with van der Waals surface area (Å²) < 4.78 is 3.74. The zero-order valence-corrected chi connectivity index (χ0v) is 10.9. The lowest BCUT2D eigenvalue weighted by molar-refractivity contribution is 0.648. The number of aromatic nitrogens is 4. The topological polar surface area (TPSA) is 47.7 Å². The molecule has 5 nitrogen and oxygen atoms in total. The van der Waals surface area contributed by atoms with Gasteiger partial charge in [-0.15, -0.1) is 12.4 Å². The molecule has 94 valence electrons. The Morgan fingerprint density at radius 1 is 1.35 bits per heavy atom. The first-order valence-corrected chi connectivity index (χ1v) is 5.48. The van der Waals surface area contributed by atoms with Crippen molar-refractivity contribution in [2.75, 3.05) is 0 Å². The summed E-state index contributed by atoms with van der Waals surface area (Å²) >= 11 is 0. The number of nitrogens with one attached hydrogen (secondary N) is 1. The minimum Gasteiger partial charge on any atom is -0.307 e. The number of hydrogen-bond donors (Lipinski definition) is 1. The van der Waals surface area contributed by atoms with Crippen LogP contribution in [0, 0.1) is 0 Å². The first-order valence-electron chi connectivity index (χ1n) is 5.48. The molecule has 0 aromatic carbocycles. The average Bonchev–Trinajstić information content (AvgIpc) is 2.88. The molecule has 0 unspecified atom stereocenters. The molecular weight excluding hydrogens is 238 g/mol. The molecule has 0 bridgehead atoms. The Bertz CT molecular complexity index is 448. The minimum atomic E-state index is 0. The molecule has 2 aromatic heterocycles. The van der Waals surface area contributed by atoms with Gasteiger partial charge in [0.15, 0.2) is 0 Å². The van der Waals surface area contributed by atoms with Crippen LogP contribution in [0.4, 0.5) is 0 Å². The van der Waals surface area contributed by atoms with Crippen LogP contribution in [0.3, 0.4) is 0 Å². The van der Waals surface area contributed by atoms with Crippen LogP contribution in [-0.2, 0) is 26.7 Å². The molecule has 0 spiro atoms. The maximum atomic E-state index is 4.30. The van der Waals surface area contributed by atoms with Crippen LogP contribution in [0.5, 0.6) is 0 Å². The molecular formula is C11H18ClN5. The van der Waals surface area contributed by atoms with E-state index < -0.39 is 0 Å². The van der Waals surface area contributed by atoms with Gasteiger partial charge >= 0.3 is 0 Å². The van der Waals surface area contributed by atoms with E-state index in [0.717, 1.165) is 25.3 Å². The van der Waals surface area contributed by atoms with Gasteiger partial charge in [-0.2, -0.15) is 10.2 Å². The highest BCUT2D eigenvalue weighted by atomic mass is 35.5. The molecule has 0 amide bonds. The summed E-state index contributed by atoms with van der Waals surface area (Å²) in [5.74, 6) is 0. The van der Waals surface area contributed by atoms with Crippen molar-refractivity contribution in [1.29, 1.82) is 0 Å². The van der Waals surface area contributed by atoms with Crippen molar-refractivity contribution in [3.8, 4) is 0 Å². The van der Waals surface area contributed by atoms with E-state index in [2.05, 4.69) is 28.6 Å². The lowest BCUT2D eigenvalue weighted by Crippen LogP contribution is -2.12. The fourth-order valence-corrected chi connectivity index (χ4v) is 1.56. The van der Waals surface area contributed by atoms with E-state index in [1.165, 1.54) is 5.56 Å². The molecule has 2 heterocycles. The van der Waals surface area contributed by atoms with E-state index in [4.69, 9.17) is 0 Å². The van der Waals surface area contributed by atoms with E-state index in [-0.39, 0.29) is 12.4 Å². The van der Waals surface area contributed by atoms with E-state index in [9.17, 15) is 0 Å². The standard InChI is InChI=1S/C11H17N5.ClH/c1-3-16-9-10(7-13-16)6-12-8-11-4-5-15(2)14-11;/h4-5,7,9,12H,3,6,8H2,1-2H3;1H. The lowest BCUT2D eigenvalue weighted by atomic mass is 10.3. The predicted octanol–water partition coefficient (Wildman–Crippen LogP) is 1.35. The monoisotopic (exact) mass is 255 g/mol. The van der Waals surface area contributed by atoms with Crippen LogP contribution in [0.1, 0.15) is 18.2 Å². The first-order chi connectivity index (χ1) is 7.78. The molecule has 0 aliphatic rings. The average molecular weight is 256 g/mol. The highest BCUT2D eigenvalue weighted by molar-refractivity contribution is 5.85. The van der Waals surface area contributed by atoms with Gasteiger partial charge in [0.25, 0.3) is 0 Å². The second kappa shape index (κ2) is 6.42. The van der Waals surface area contributed by atoms with Gasteiger partial charge in [0.05, 0.1) is 11.9 Å². The van der Waals surface area contributed by atoms with Crippen LogP contribution in [0.2, 0.25) is 0 Å². The molecule has 0 aliphatic heterocycles. The summed E-state index contributed by atoms with van der Waals surface area (Å²) in [6, 6.07) is 2.02. The first kappa shape index (κ1) is 13.7. The fourth-order valence-electron chi connectivity index (χ4n) is 1.56. The Morgan fingerprint density at radius 2 is 2.18 bits per heavy atom. The van der Waals surface area contributed by atoms with Crippen LogP contribution in [0.25, 0.3) is 0 Å². The van der Waals surface area contributed by atoms with Crippen LogP contribution in [0.15, 0.2) is 24.7 Å². The van der Waals surface area contributed by atoms with Gasteiger partial charge in [0.1, 0.15) is 0 Å². The summed E-state index contributed by atoms with van der Waals surface area (Å²) in [6.45, 7) is 4.62. The van der Waals surface area contributed by atoms with Crippen molar-refractivity contribution in [3.05, 3.63) is 35.9 Å². The third-order valence-electron chi connectivity index (χ3n) is 2.41. The van der Waals surface area contributed by atoms with Crippen molar-refractivity contribution in [2.45, 2.75) is 26.6 Å². The summed E-state index contributed by atoms with van der Waals surface area (Å²) in [5.41, 5.74) is 2.27. The van der Waals surface area contributed by atoms with Crippen molar-refractivity contribution in [1.82, 2.24) is 24.9 Å². The molecule has 0 atom stereocenters. The maximum Gasteiger partial charge on any atom is 0.0762 e. The number of hydrogen-bond acceptors (Lipinski definition) is 3. The largest absolute Gasteiger partial charge is 0.307 e. The molecule has 0 fully saturated rings. The second-order valence-corrected chi connectivity index (χ2v) is 3.79. The molecule has 6 heteroatoms. The summed E-state index contributed by atoms with van der Waals surface area (Å²) in [7, 11) is 1.93. The quantitative estimate of drug-likeness (QED) is 0.877. The van der Waals surface area contributed by atoms with Gasteiger partial charge in [0, 0.05) is 44.6 Å². The Kier molecular flexibility index (Phi) is 5.18. The van der Waals surface area contributed by atoms with Crippen molar-refractivity contribution < 1.29 is 0 Å². The minimum absolute atomic E-state index is 0. The van der Waals surface area contributed by atoms with E-state index >= 15 is 0 Å². The van der Waals surface area contributed by atoms with Gasteiger partial charge in [-0.3, -0.25) is 9.36 Å². The Morgan fingerprint density at radius 3 is 2.76 bits per heavy atom. The zero-order valence-electron chi connectivity index (χ0n) is 10.1. The smallest absolute Gasteiger partial charge is 0.0762 e. The third-order valence-corrected chi connectivity index (χ3v) is 2.41. The van der Waals surface area contributed by atoms with E-state index in [1.54, 1.807) is 0 Å². The van der Waals surface area contributed by atoms with E-state index in [0.29, 0.717) is 0 Å². The van der Waals surface area contributed by atoms with Crippen LogP contribution in [-0.4, -0.2) is 19.6 Å². The van der Waals surface area contributed by atoms with Crippen LogP contribution < -0.4 is 5.32 Å². The normalized spacial score (nSPS) is 10.2. The van der Waals surface area contributed by atoms with Gasteiger partial charge in [-0.05, 0) is 13.0 Å². The predicted molar refractivity (Wildman–Crippen MR) is 68.9 cm³/mol. The summed E-state index contributed by atoms with van der Waals surface area (Å²) in [5, 5.41) is 11.9. The zero-order chi connectivity index (χ0) is 11.4. The molecule has 1 N–H and O–H groups in total. The molecule has 17 heavy (non-hydrogen) atoms. The fraction of sp³-hybridized carbons (Fsp3) is 0.455. The Balaban J connectivity index is 0.00000144. The molecule has 2 rings (SSSR count). The maximum absolute atomic E-state index is 4.30.